The van der Waals surface area contributed by atoms with E-state index in [0.29, 0.717) is 0 Å². The van der Waals surface area contributed by atoms with E-state index in [-0.39, 0.29) is 38.5 Å². The van der Waals surface area contributed by atoms with Gasteiger partial charge in [-0.2, -0.15) is 0 Å². The monoisotopic (exact) mass is 358 g/mol. The Morgan fingerprint density at radius 3 is 1.65 bits per heavy atom. The van der Waals surface area contributed by atoms with Crippen molar-refractivity contribution < 1.29 is 35.6 Å². The van der Waals surface area contributed by atoms with Crippen molar-refractivity contribution in [2.45, 2.75) is 39.2 Å². The van der Waals surface area contributed by atoms with Crippen LogP contribution in [0.4, 0.5) is 22.0 Å². The fourth-order valence-corrected chi connectivity index (χ4v) is 4.13. The highest BCUT2D eigenvalue weighted by Crippen LogP contribution is 2.25. The third-order valence-electron chi connectivity index (χ3n) is 3.21. The van der Waals surface area contributed by atoms with Crippen LogP contribution in [0.15, 0.2) is 0 Å². The zero-order valence-corrected chi connectivity index (χ0v) is 13.9. The normalized spacial score (nSPS) is 12.0. The van der Waals surface area contributed by atoms with Crippen LogP contribution in [-0.4, -0.2) is 26.8 Å². The van der Waals surface area contributed by atoms with Crippen molar-refractivity contribution >= 4 is 8.80 Å². The van der Waals surface area contributed by atoms with Crippen LogP contribution in [0.5, 0.6) is 0 Å². The van der Waals surface area contributed by atoms with Gasteiger partial charge in [0.25, 0.3) is 0 Å². The SMILES string of the molecule is CCO[Si](O)(CCCCc1c(F)c(F)c(F)c(F)c1F)OCC. The van der Waals surface area contributed by atoms with Crippen molar-refractivity contribution in [1.29, 1.82) is 0 Å². The molecule has 0 radical (unpaired) electrons. The molecule has 0 aliphatic rings. The number of unbranched alkanes of at least 4 members (excludes halogenated alkanes) is 1. The lowest BCUT2D eigenvalue weighted by atomic mass is 10.1. The molecule has 1 aromatic carbocycles. The van der Waals surface area contributed by atoms with Gasteiger partial charge in [0.15, 0.2) is 23.3 Å². The molecule has 0 heterocycles. The second kappa shape index (κ2) is 8.72. The van der Waals surface area contributed by atoms with E-state index in [9.17, 15) is 26.7 Å². The summed E-state index contributed by atoms with van der Waals surface area (Å²) in [5, 5.41) is 0. The maximum Gasteiger partial charge on any atom is 0.498 e. The van der Waals surface area contributed by atoms with Gasteiger partial charge >= 0.3 is 8.80 Å². The molecule has 0 unspecified atom stereocenters. The molecule has 1 aromatic rings. The minimum absolute atomic E-state index is 0.119. The molecule has 0 spiro atoms. The molecule has 0 atom stereocenters. The van der Waals surface area contributed by atoms with E-state index in [1.165, 1.54) is 0 Å². The maximum atomic E-state index is 13.5. The second-order valence-corrected chi connectivity index (χ2v) is 7.34. The van der Waals surface area contributed by atoms with Gasteiger partial charge < -0.3 is 13.6 Å². The van der Waals surface area contributed by atoms with Crippen molar-refractivity contribution in [3.05, 3.63) is 34.6 Å². The van der Waals surface area contributed by atoms with Crippen LogP contribution in [0.25, 0.3) is 0 Å². The fraction of sp³-hybridized carbons (Fsp3) is 0.571. The van der Waals surface area contributed by atoms with Crippen LogP contribution in [0.1, 0.15) is 32.3 Å². The predicted molar refractivity (Wildman–Crippen MR) is 75.2 cm³/mol. The molecule has 0 aromatic heterocycles. The van der Waals surface area contributed by atoms with E-state index in [0.717, 1.165) is 0 Å². The van der Waals surface area contributed by atoms with Crippen LogP contribution in [0.3, 0.4) is 0 Å². The van der Waals surface area contributed by atoms with Crippen molar-refractivity contribution in [1.82, 2.24) is 0 Å². The van der Waals surface area contributed by atoms with E-state index in [2.05, 4.69) is 0 Å². The van der Waals surface area contributed by atoms with Crippen molar-refractivity contribution in [2.24, 2.45) is 0 Å². The van der Waals surface area contributed by atoms with Gasteiger partial charge in [0.2, 0.25) is 5.82 Å². The number of rotatable bonds is 9. The van der Waals surface area contributed by atoms with Gasteiger partial charge in [0.05, 0.1) is 0 Å². The standard InChI is InChI=1S/C14H19F5O3Si/c1-3-21-23(20,22-4-2)8-6-5-7-9-10(15)12(17)14(19)13(18)11(9)16/h20H,3-8H2,1-2H3. The summed E-state index contributed by atoms with van der Waals surface area (Å²) in [6.07, 6.45) is 0.0462. The maximum absolute atomic E-state index is 13.5. The topological polar surface area (TPSA) is 38.7 Å². The summed E-state index contributed by atoms with van der Waals surface area (Å²) < 4.78 is 76.4. The Hall–Kier alpha value is -1.03. The van der Waals surface area contributed by atoms with Crippen LogP contribution in [0.2, 0.25) is 6.04 Å². The first kappa shape index (κ1) is 20.0. The summed E-state index contributed by atoms with van der Waals surface area (Å²) in [4.78, 5) is 10.1. The Morgan fingerprint density at radius 2 is 1.22 bits per heavy atom. The predicted octanol–water partition coefficient (Wildman–Crippen LogP) is 3.71. The highest BCUT2D eigenvalue weighted by atomic mass is 28.4. The van der Waals surface area contributed by atoms with Gasteiger partial charge in [0, 0.05) is 24.8 Å². The first-order chi connectivity index (χ1) is 10.8. The average Bonchev–Trinajstić information content (AvgIpc) is 2.51. The summed E-state index contributed by atoms with van der Waals surface area (Å²) in [7, 11) is -3.34. The van der Waals surface area contributed by atoms with E-state index < -0.39 is 43.5 Å². The van der Waals surface area contributed by atoms with E-state index in [1.807, 2.05) is 0 Å². The number of hydrogen-bond acceptors (Lipinski definition) is 3. The molecule has 132 valence electrons. The Balaban J connectivity index is 2.70. The van der Waals surface area contributed by atoms with Gasteiger partial charge in [-0.15, -0.1) is 0 Å². The molecular formula is C14H19F5O3Si. The van der Waals surface area contributed by atoms with E-state index in [4.69, 9.17) is 8.85 Å². The van der Waals surface area contributed by atoms with Gasteiger partial charge in [-0.3, -0.25) is 0 Å². The quantitative estimate of drug-likeness (QED) is 0.240. The molecule has 1 rings (SSSR count). The molecule has 0 aliphatic heterocycles. The van der Waals surface area contributed by atoms with Gasteiger partial charge in [-0.05, 0) is 33.1 Å². The van der Waals surface area contributed by atoms with E-state index in [1.54, 1.807) is 13.8 Å². The number of hydrogen-bond donors (Lipinski definition) is 1. The summed E-state index contributed by atoms with van der Waals surface area (Å²) in [5.74, 6) is -9.70. The first-order valence-electron chi connectivity index (χ1n) is 7.28. The molecule has 0 aliphatic carbocycles. The zero-order valence-electron chi connectivity index (χ0n) is 12.9. The minimum Gasteiger partial charge on any atom is -0.390 e. The second-order valence-electron chi connectivity index (χ2n) is 4.83. The smallest absolute Gasteiger partial charge is 0.390 e. The third kappa shape index (κ3) is 4.97. The van der Waals surface area contributed by atoms with Gasteiger partial charge in [-0.1, -0.05) is 0 Å². The lowest BCUT2D eigenvalue weighted by molar-refractivity contribution is 0.107. The number of halogens is 5. The van der Waals surface area contributed by atoms with Crippen molar-refractivity contribution in [3.63, 3.8) is 0 Å². The van der Waals surface area contributed by atoms with Crippen molar-refractivity contribution in [2.75, 3.05) is 13.2 Å². The van der Waals surface area contributed by atoms with Crippen LogP contribution in [0, 0.1) is 29.1 Å². The molecule has 3 nitrogen and oxygen atoms in total. The molecule has 0 saturated carbocycles. The highest BCUT2D eigenvalue weighted by molar-refractivity contribution is 6.59. The van der Waals surface area contributed by atoms with Crippen LogP contribution < -0.4 is 0 Å². The Labute approximate surface area is 132 Å². The van der Waals surface area contributed by atoms with Crippen LogP contribution >= 0.6 is 0 Å². The highest BCUT2D eigenvalue weighted by Gasteiger charge is 2.35. The summed E-state index contributed by atoms with van der Waals surface area (Å²) >= 11 is 0. The molecule has 0 bridgehead atoms. The third-order valence-corrected chi connectivity index (χ3v) is 5.67. The minimum atomic E-state index is -3.34. The molecule has 9 heteroatoms. The van der Waals surface area contributed by atoms with Gasteiger partial charge in [-0.25, -0.2) is 22.0 Å². The lowest BCUT2D eigenvalue weighted by Gasteiger charge is -2.22. The molecular weight excluding hydrogens is 339 g/mol. The molecule has 23 heavy (non-hydrogen) atoms. The van der Waals surface area contributed by atoms with Gasteiger partial charge in [0.1, 0.15) is 0 Å². The lowest BCUT2D eigenvalue weighted by Crippen LogP contribution is -2.42. The fourth-order valence-electron chi connectivity index (χ4n) is 2.16. The molecule has 1 N–H and O–H groups in total. The Morgan fingerprint density at radius 1 is 0.783 bits per heavy atom. The molecule has 0 fully saturated rings. The molecule has 0 amide bonds. The Bertz CT molecular complexity index is 507. The van der Waals surface area contributed by atoms with E-state index >= 15 is 0 Å². The van der Waals surface area contributed by atoms with Crippen molar-refractivity contribution in [3.8, 4) is 0 Å². The summed E-state index contributed by atoms with van der Waals surface area (Å²) in [6, 6.07) is 0.143. The summed E-state index contributed by atoms with van der Waals surface area (Å²) in [6.45, 7) is 3.87. The largest absolute Gasteiger partial charge is 0.498 e. The zero-order chi connectivity index (χ0) is 17.6. The first-order valence-corrected chi connectivity index (χ1v) is 9.25. The summed E-state index contributed by atoms with van der Waals surface area (Å²) in [5.41, 5.74) is -0.848. The Kier molecular flexibility index (Phi) is 7.58. The average molecular weight is 358 g/mol. The number of benzene rings is 1. The molecule has 0 saturated heterocycles. The van der Waals surface area contributed by atoms with Crippen LogP contribution in [-0.2, 0) is 15.3 Å².